The van der Waals surface area contributed by atoms with Gasteiger partial charge in [-0.15, -0.1) is 0 Å². The summed E-state index contributed by atoms with van der Waals surface area (Å²) in [6.07, 6.45) is 3.50. The van der Waals surface area contributed by atoms with E-state index in [4.69, 9.17) is 0 Å². The highest BCUT2D eigenvalue weighted by atomic mass is 127. The van der Waals surface area contributed by atoms with Crippen molar-refractivity contribution in [3.8, 4) is 0 Å². The van der Waals surface area contributed by atoms with Crippen LogP contribution in [-0.2, 0) is 19.3 Å². The lowest BCUT2D eigenvalue weighted by Crippen LogP contribution is -3.00. The second-order valence-electron chi connectivity index (χ2n) is 3.12. The van der Waals surface area contributed by atoms with E-state index in [1.807, 2.05) is 0 Å². The van der Waals surface area contributed by atoms with Crippen molar-refractivity contribution >= 4 is 0 Å². The smallest absolute Gasteiger partial charge is 0.0634 e. The number of hydrogen-bond acceptors (Lipinski definition) is 0. The minimum Gasteiger partial charge on any atom is -1.00 e. The van der Waals surface area contributed by atoms with Gasteiger partial charge in [0.2, 0.25) is 0 Å². The largest absolute Gasteiger partial charge is 1.00 e. The first-order valence-corrected chi connectivity index (χ1v) is 5.63. The highest BCUT2D eigenvalue weighted by Crippen LogP contribution is 2.16. The van der Waals surface area contributed by atoms with Crippen molar-refractivity contribution in [1.29, 1.82) is 0 Å². The van der Waals surface area contributed by atoms with Gasteiger partial charge in [-0.25, -0.2) is 0 Å². The van der Waals surface area contributed by atoms with Gasteiger partial charge in [-0.2, -0.15) is 0 Å². The zero-order valence-electron chi connectivity index (χ0n) is 10.4. The molecule has 0 heterocycles. The van der Waals surface area contributed by atoms with E-state index in [9.17, 15) is 0 Å². The van der Waals surface area contributed by atoms with Gasteiger partial charge in [-0.05, 0) is 36.0 Å². The number of rotatable bonds is 3. The fourth-order valence-electron chi connectivity index (χ4n) is 1.80. The quantitative estimate of drug-likeness (QED) is 0.709. The van der Waals surface area contributed by atoms with Gasteiger partial charge in [0, 0.05) is 0 Å². The molecule has 0 aromatic heterocycles. The number of halogens is 1. The second kappa shape index (κ2) is 10.4. The van der Waals surface area contributed by atoms with Crippen molar-refractivity contribution < 1.29 is 29.7 Å². The molecule has 0 aliphatic heterocycles. The molecule has 0 aliphatic carbocycles. The maximum atomic E-state index is 3.25. The first kappa shape index (κ1) is 17.3. The Morgan fingerprint density at radius 1 is 0.867 bits per heavy atom. The van der Waals surface area contributed by atoms with Crippen LogP contribution in [0.1, 0.15) is 37.5 Å². The lowest BCUT2D eigenvalue weighted by Gasteiger charge is -2.10. The highest BCUT2D eigenvalue weighted by molar-refractivity contribution is 5.35. The van der Waals surface area contributed by atoms with Crippen molar-refractivity contribution in [3.63, 3.8) is 0 Å². The molecule has 1 rings (SSSR count). The lowest BCUT2D eigenvalue weighted by molar-refractivity contribution is -0.325. The summed E-state index contributed by atoms with van der Waals surface area (Å²) in [6.45, 7) is 6.70. The maximum absolute atomic E-state index is 3.25. The van der Waals surface area contributed by atoms with Crippen molar-refractivity contribution in [2.45, 2.75) is 40.0 Å². The molecule has 1 aromatic rings. The van der Waals surface area contributed by atoms with Crippen LogP contribution in [0.2, 0.25) is 0 Å². The maximum Gasteiger partial charge on any atom is 0.0634 e. The number of benzene rings is 1. The molecule has 3 N–H and O–H groups in total. The summed E-state index contributed by atoms with van der Waals surface area (Å²) in [5, 5.41) is 0. The molecule has 88 valence electrons. The topological polar surface area (TPSA) is 27.6 Å². The number of hydrogen-bond donors (Lipinski definition) is 1. The summed E-state index contributed by atoms with van der Waals surface area (Å²) in [6, 6.07) is 6.67. The summed E-state index contributed by atoms with van der Waals surface area (Å²) in [4.78, 5) is 0. The van der Waals surface area contributed by atoms with Crippen molar-refractivity contribution in [1.82, 2.24) is 0 Å². The number of aryl methyl sites for hydroxylation is 2. The second-order valence-corrected chi connectivity index (χ2v) is 3.12. The third kappa shape index (κ3) is 4.98. The van der Waals surface area contributed by atoms with E-state index >= 15 is 0 Å². The van der Waals surface area contributed by atoms with Crippen LogP contribution in [0.3, 0.4) is 0 Å². The van der Waals surface area contributed by atoms with Crippen LogP contribution in [0.5, 0.6) is 0 Å². The molecule has 0 unspecified atom stereocenters. The molecular formula is C13H24IN. The summed E-state index contributed by atoms with van der Waals surface area (Å²) >= 11 is 0. The normalized spacial score (nSPS) is 8.60. The third-order valence-electron chi connectivity index (χ3n) is 2.49. The van der Waals surface area contributed by atoms with E-state index in [1.54, 1.807) is 12.6 Å². The lowest BCUT2D eigenvalue weighted by atomic mass is 9.96. The predicted octanol–water partition coefficient (Wildman–Crippen LogP) is -0.764. The van der Waals surface area contributed by atoms with E-state index < -0.39 is 0 Å². The monoisotopic (exact) mass is 321 g/mol. The van der Waals surface area contributed by atoms with Crippen molar-refractivity contribution in [2.75, 3.05) is 7.05 Å². The SMILES string of the molecule is CCc1cccc(CC)c1CC.C[NH3+].[I-]. The molecule has 0 atom stereocenters. The summed E-state index contributed by atoms with van der Waals surface area (Å²) in [5.41, 5.74) is 7.87. The van der Waals surface area contributed by atoms with Crippen molar-refractivity contribution in [3.05, 3.63) is 34.9 Å². The Balaban J connectivity index is 0. The molecule has 1 nitrogen and oxygen atoms in total. The zero-order valence-corrected chi connectivity index (χ0v) is 12.6. The Morgan fingerprint density at radius 3 is 1.53 bits per heavy atom. The Bertz CT molecular complexity index is 236. The van der Waals surface area contributed by atoms with E-state index in [0.29, 0.717) is 0 Å². The molecule has 0 radical (unpaired) electrons. The van der Waals surface area contributed by atoms with Gasteiger partial charge >= 0.3 is 0 Å². The van der Waals surface area contributed by atoms with Gasteiger partial charge in [0.25, 0.3) is 0 Å². The Morgan fingerprint density at radius 2 is 1.27 bits per heavy atom. The molecular weight excluding hydrogens is 297 g/mol. The van der Waals surface area contributed by atoms with Crippen LogP contribution >= 0.6 is 0 Å². The van der Waals surface area contributed by atoms with Crippen LogP contribution in [0.4, 0.5) is 0 Å². The average Bonchev–Trinajstić information content (AvgIpc) is 2.30. The first-order chi connectivity index (χ1) is 6.83. The fraction of sp³-hybridized carbons (Fsp3) is 0.538. The molecule has 2 heteroatoms. The molecule has 0 saturated carbocycles. The molecule has 0 fully saturated rings. The molecule has 0 spiro atoms. The Labute approximate surface area is 111 Å². The van der Waals surface area contributed by atoms with Crippen molar-refractivity contribution in [2.24, 2.45) is 0 Å². The van der Waals surface area contributed by atoms with Crippen LogP contribution in [0.25, 0.3) is 0 Å². The molecule has 0 saturated heterocycles. The Hall–Kier alpha value is -0.0900. The third-order valence-corrected chi connectivity index (χ3v) is 2.49. The van der Waals surface area contributed by atoms with Gasteiger partial charge < -0.3 is 29.7 Å². The minimum atomic E-state index is 0. The molecule has 1 aromatic carbocycles. The summed E-state index contributed by atoms with van der Waals surface area (Å²) in [5.74, 6) is 0. The standard InChI is InChI=1S/C12H18.CH5N.HI/c1-4-10-8-7-9-11(5-2)12(10)6-3;1-2;/h7-9H,4-6H2,1-3H3;2H2,1H3;1H. The van der Waals surface area contributed by atoms with Gasteiger partial charge in [-0.1, -0.05) is 39.0 Å². The first-order valence-electron chi connectivity index (χ1n) is 5.63. The number of quaternary nitrogens is 1. The zero-order chi connectivity index (χ0) is 11.0. The van der Waals surface area contributed by atoms with Crippen LogP contribution in [-0.4, -0.2) is 7.05 Å². The average molecular weight is 321 g/mol. The van der Waals surface area contributed by atoms with Gasteiger partial charge in [0.05, 0.1) is 7.05 Å². The van der Waals surface area contributed by atoms with Gasteiger partial charge in [-0.3, -0.25) is 0 Å². The fourth-order valence-corrected chi connectivity index (χ4v) is 1.80. The molecule has 0 aliphatic rings. The van der Waals surface area contributed by atoms with E-state index in [0.717, 1.165) is 12.8 Å². The van der Waals surface area contributed by atoms with E-state index in [1.165, 1.54) is 17.5 Å². The molecule has 15 heavy (non-hydrogen) atoms. The van der Waals surface area contributed by atoms with Crippen LogP contribution in [0.15, 0.2) is 18.2 Å². The van der Waals surface area contributed by atoms with E-state index in [-0.39, 0.29) is 24.0 Å². The summed E-state index contributed by atoms with van der Waals surface area (Å²) < 4.78 is 0. The Kier molecular flexibility index (Phi) is 12.0. The van der Waals surface area contributed by atoms with Gasteiger partial charge in [0.1, 0.15) is 0 Å². The summed E-state index contributed by atoms with van der Waals surface area (Å²) in [7, 11) is 1.75. The predicted molar refractivity (Wildman–Crippen MR) is 63.4 cm³/mol. The molecule has 0 amide bonds. The highest BCUT2D eigenvalue weighted by Gasteiger charge is 2.02. The molecule has 0 bridgehead atoms. The minimum absolute atomic E-state index is 0. The van der Waals surface area contributed by atoms with Crippen LogP contribution in [0, 0.1) is 0 Å². The van der Waals surface area contributed by atoms with E-state index in [2.05, 4.69) is 44.7 Å². The van der Waals surface area contributed by atoms with Crippen LogP contribution < -0.4 is 29.7 Å². The van der Waals surface area contributed by atoms with Gasteiger partial charge in [0.15, 0.2) is 0 Å².